The molecule has 4 nitrogen and oxygen atoms in total. The van der Waals surface area contributed by atoms with Gasteiger partial charge in [-0.25, -0.2) is 9.97 Å². The van der Waals surface area contributed by atoms with Gasteiger partial charge in [0.2, 0.25) is 0 Å². The highest BCUT2D eigenvalue weighted by Gasteiger charge is 2.73. The summed E-state index contributed by atoms with van der Waals surface area (Å²) in [6.45, 7) is 14.0. The molecule has 3 atom stereocenters. The number of rotatable bonds is 5. The minimum absolute atomic E-state index is 0.0776. The average molecular weight is 515 g/mol. The first-order valence-corrected chi connectivity index (χ1v) is 14.6. The molecular weight excluding hydrogens is 476 g/mol. The van der Waals surface area contributed by atoms with Crippen LogP contribution >= 0.6 is 0 Å². The molecular formula is C35H38N4. The maximum absolute atomic E-state index is 4.97. The molecule has 0 saturated heterocycles. The summed E-state index contributed by atoms with van der Waals surface area (Å²) < 4.78 is 0. The van der Waals surface area contributed by atoms with Gasteiger partial charge < -0.3 is 9.80 Å². The van der Waals surface area contributed by atoms with E-state index in [4.69, 9.17) is 9.97 Å². The van der Waals surface area contributed by atoms with E-state index in [1.807, 2.05) is 12.4 Å². The number of anilines is 4. The Labute approximate surface area is 232 Å². The molecule has 3 unspecified atom stereocenters. The van der Waals surface area contributed by atoms with E-state index in [1.54, 1.807) is 0 Å². The van der Waals surface area contributed by atoms with E-state index < -0.39 is 0 Å². The summed E-state index contributed by atoms with van der Waals surface area (Å²) in [5, 5.41) is 0. The zero-order chi connectivity index (χ0) is 27.1. The Hall–Kier alpha value is -3.66. The summed E-state index contributed by atoms with van der Waals surface area (Å²) in [6.07, 6.45) is 7.01. The van der Waals surface area contributed by atoms with Gasteiger partial charge in [-0.2, -0.15) is 0 Å². The Morgan fingerprint density at radius 2 is 1.54 bits per heavy atom. The van der Waals surface area contributed by atoms with Crippen LogP contribution in [0, 0.1) is 5.41 Å². The maximum atomic E-state index is 4.97. The summed E-state index contributed by atoms with van der Waals surface area (Å²) in [4.78, 5) is 14.9. The SMILES string of the molecule is CCc1ccc(N2c3nccnc3N3c4cc(-c5ccccc5C(C)C)c(CC)cc4C4(C)CC4(C)C23)cc1. The normalized spacial score (nSPS) is 24.3. The fourth-order valence-electron chi connectivity index (χ4n) is 7.51. The van der Waals surface area contributed by atoms with Crippen LogP contribution in [0.2, 0.25) is 0 Å². The van der Waals surface area contributed by atoms with Gasteiger partial charge in [-0.05, 0) is 76.8 Å². The molecule has 3 heterocycles. The minimum atomic E-state index is 0.0776. The second-order valence-electron chi connectivity index (χ2n) is 12.4. The average Bonchev–Trinajstić information content (AvgIpc) is 3.39. The lowest BCUT2D eigenvalue weighted by Gasteiger charge is -2.44. The number of aromatic nitrogens is 2. The van der Waals surface area contributed by atoms with Gasteiger partial charge >= 0.3 is 0 Å². The zero-order valence-corrected chi connectivity index (χ0v) is 24.0. The third-order valence-electron chi connectivity index (χ3n) is 9.98. The van der Waals surface area contributed by atoms with Crippen LogP contribution in [0.4, 0.5) is 23.0 Å². The van der Waals surface area contributed by atoms with Gasteiger partial charge in [0.15, 0.2) is 11.6 Å². The molecule has 4 aromatic rings. The van der Waals surface area contributed by atoms with Gasteiger partial charge in [0.1, 0.15) is 6.17 Å². The number of nitrogens with zero attached hydrogens (tertiary/aromatic N) is 4. The monoisotopic (exact) mass is 514 g/mol. The van der Waals surface area contributed by atoms with Crippen molar-refractivity contribution in [1.82, 2.24) is 9.97 Å². The summed E-state index contributed by atoms with van der Waals surface area (Å²) >= 11 is 0. The summed E-state index contributed by atoms with van der Waals surface area (Å²) in [7, 11) is 0. The first-order valence-electron chi connectivity index (χ1n) is 14.6. The quantitative estimate of drug-likeness (QED) is 0.267. The van der Waals surface area contributed by atoms with Gasteiger partial charge in [-0.1, -0.05) is 84.0 Å². The van der Waals surface area contributed by atoms with E-state index >= 15 is 0 Å². The van der Waals surface area contributed by atoms with Crippen LogP contribution < -0.4 is 9.80 Å². The van der Waals surface area contributed by atoms with Crippen LogP contribution in [0.5, 0.6) is 0 Å². The number of aryl methyl sites for hydroxylation is 2. The van der Waals surface area contributed by atoms with Crippen LogP contribution in [-0.4, -0.2) is 16.1 Å². The molecule has 39 heavy (non-hydrogen) atoms. The number of hydrogen-bond donors (Lipinski definition) is 0. The molecule has 0 spiro atoms. The van der Waals surface area contributed by atoms with Crippen LogP contribution in [0.3, 0.4) is 0 Å². The summed E-state index contributed by atoms with van der Waals surface area (Å²) in [5.41, 5.74) is 11.0. The Bertz CT molecular complexity index is 1590. The molecule has 1 aliphatic carbocycles. The summed E-state index contributed by atoms with van der Waals surface area (Å²) in [5.74, 6) is 2.38. The van der Waals surface area contributed by atoms with Crippen molar-refractivity contribution in [3.63, 3.8) is 0 Å². The van der Waals surface area contributed by atoms with Crippen molar-refractivity contribution < 1.29 is 0 Å². The molecule has 0 N–H and O–H groups in total. The van der Waals surface area contributed by atoms with Crippen molar-refractivity contribution >= 4 is 23.0 Å². The summed E-state index contributed by atoms with van der Waals surface area (Å²) in [6, 6.07) is 23.0. The molecule has 4 heteroatoms. The van der Waals surface area contributed by atoms with Crippen LogP contribution in [0.25, 0.3) is 11.1 Å². The van der Waals surface area contributed by atoms with E-state index in [9.17, 15) is 0 Å². The molecule has 1 saturated carbocycles. The predicted octanol–water partition coefficient (Wildman–Crippen LogP) is 8.69. The lowest BCUT2D eigenvalue weighted by molar-refractivity contribution is 0.371. The number of benzene rings is 3. The fourth-order valence-corrected chi connectivity index (χ4v) is 7.51. The fraction of sp³-hybridized carbons (Fsp3) is 0.371. The largest absolute Gasteiger partial charge is 0.301 e. The van der Waals surface area contributed by atoms with Crippen LogP contribution in [-0.2, 0) is 18.3 Å². The lowest BCUT2D eigenvalue weighted by Crippen LogP contribution is -2.50. The minimum Gasteiger partial charge on any atom is -0.301 e. The van der Waals surface area contributed by atoms with Gasteiger partial charge in [0.05, 0.1) is 0 Å². The lowest BCUT2D eigenvalue weighted by atomic mass is 9.78. The second kappa shape index (κ2) is 8.42. The highest BCUT2D eigenvalue weighted by atomic mass is 15.5. The molecule has 3 aliphatic rings. The molecule has 2 aliphatic heterocycles. The van der Waals surface area contributed by atoms with Crippen LogP contribution in [0.1, 0.15) is 76.1 Å². The molecule has 198 valence electrons. The molecule has 1 aromatic heterocycles. The Kier molecular flexibility index (Phi) is 5.26. The van der Waals surface area contributed by atoms with E-state index in [-0.39, 0.29) is 17.0 Å². The third-order valence-corrected chi connectivity index (χ3v) is 9.98. The Morgan fingerprint density at radius 3 is 2.21 bits per heavy atom. The van der Waals surface area contributed by atoms with Crippen molar-refractivity contribution in [3.8, 4) is 11.1 Å². The van der Waals surface area contributed by atoms with Crippen molar-refractivity contribution in [2.75, 3.05) is 9.80 Å². The van der Waals surface area contributed by atoms with Gasteiger partial charge in [0.25, 0.3) is 0 Å². The van der Waals surface area contributed by atoms with Crippen molar-refractivity contribution in [2.24, 2.45) is 5.41 Å². The van der Waals surface area contributed by atoms with E-state index in [2.05, 4.69) is 112 Å². The van der Waals surface area contributed by atoms with E-state index in [1.165, 1.54) is 44.8 Å². The molecule has 3 aromatic carbocycles. The highest BCUT2D eigenvalue weighted by molar-refractivity contribution is 5.90. The zero-order valence-electron chi connectivity index (χ0n) is 24.0. The van der Waals surface area contributed by atoms with E-state index in [0.717, 1.165) is 30.9 Å². The maximum Gasteiger partial charge on any atom is 0.178 e. The molecule has 0 bridgehead atoms. The number of hydrogen-bond acceptors (Lipinski definition) is 4. The van der Waals surface area contributed by atoms with Crippen molar-refractivity contribution in [1.29, 1.82) is 0 Å². The van der Waals surface area contributed by atoms with Crippen molar-refractivity contribution in [2.45, 2.75) is 78.3 Å². The number of fused-ring (bicyclic) bond motifs is 8. The molecule has 1 fully saturated rings. The van der Waals surface area contributed by atoms with Gasteiger partial charge in [-0.3, -0.25) is 0 Å². The second-order valence-corrected chi connectivity index (χ2v) is 12.4. The third kappa shape index (κ3) is 3.24. The van der Waals surface area contributed by atoms with Gasteiger partial charge in [-0.15, -0.1) is 0 Å². The Morgan fingerprint density at radius 1 is 0.846 bits per heavy atom. The highest BCUT2D eigenvalue weighted by Crippen LogP contribution is 2.75. The standard InChI is InChI=1S/C35H38N4/c1-7-23-13-15-25(16-14-23)38-31-32(37-18-17-36-31)39-30-20-28(27-12-10-9-11-26(27)22(3)4)24(8-2)19-29(30)34(5)21-35(34,6)33(38)39/h9-20,22,33H,7-8,21H2,1-6H3. The first kappa shape index (κ1) is 24.4. The topological polar surface area (TPSA) is 32.3 Å². The molecule has 7 rings (SSSR count). The van der Waals surface area contributed by atoms with Gasteiger partial charge in [0, 0.05) is 34.6 Å². The van der Waals surface area contributed by atoms with Crippen LogP contribution in [0.15, 0.2) is 73.1 Å². The van der Waals surface area contributed by atoms with Crippen molar-refractivity contribution in [3.05, 3.63) is 95.3 Å². The molecule has 0 amide bonds. The predicted molar refractivity (Wildman–Crippen MR) is 161 cm³/mol. The van der Waals surface area contributed by atoms with E-state index in [0.29, 0.717) is 5.92 Å². The smallest absolute Gasteiger partial charge is 0.178 e. The molecule has 0 radical (unpaired) electrons. The Balaban J connectivity index is 1.48. The first-order chi connectivity index (χ1) is 18.8.